The van der Waals surface area contributed by atoms with Crippen molar-refractivity contribution in [2.24, 2.45) is 5.92 Å². The third-order valence-corrected chi connectivity index (χ3v) is 5.97. The Labute approximate surface area is 142 Å². The topological polar surface area (TPSA) is 43.1 Å². The standard InChI is InChI=1S/C18H15FN4S/c1-10-2-7-13-14(8-10)24-18-15(13)17-22-21-16(23(17)9-20-18)11-3-5-12(19)6-4-11/h3-6,9-10H,2,7-8H2,1H3/t10-/m0/s1. The van der Waals surface area contributed by atoms with Gasteiger partial charge in [-0.2, -0.15) is 0 Å². The zero-order valence-electron chi connectivity index (χ0n) is 13.2. The second-order valence-electron chi connectivity index (χ2n) is 6.50. The van der Waals surface area contributed by atoms with Crippen LogP contribution in [0.3, 0.4) is 0 Å². The Balaban J connectivity index is 1.76. The van der Waals surface area contributed by atoms with Crippen molar-refractivity contribution in [3.63, 3.8) is 0 Å². The van der Waals surface area contributed by atoms with Gasteiger partial charge in [0.05, 0.1) is 5.39 Å². The van der Waals surface area contributed by atoms with Gasteiger partial charge in [-0.25, -0.2) is 9.37 Å². The summed E-state index contributed by atoms with van der Waals surface area (Å²) >= 11 is 1.78. The number of hydrogen-bond acceptors (Lipinski definition) is 4. The van der Waals surface area contributed by atoms with E-state index < -0.39 is 0 Å². The Morgan fingerprint density at radius 3 is 2.88 bits per heavy atom. The van der Waals surface area contributed by atoms with Crippen molar-refractivity contribution >= 4 is 27.2 Å². The molecular formula is C18H15FN4S. The van der Waals surface area contributed by atoms with Gasteiger partial charge in [-0.3, -0.25) is 4.40 Å². The van der Waals surface area contributed by atoms with Crippen molar-refractivity contribution in [3.8, 4) is 11.4 Å². The molecule has 4 aromatic rings. The highest BCUT2D eigenvalue weighted by molar-refractivity contribution is 7.19. The molecule has 0 amide bonds. The quantitative estimate of drug-likeness (QED) is 0.520. The highest BCUT2D eigenvalue weighted by atomic mass is 32.1. The molecule has 0 saturated carbocycles. The molecule has 0 fully saturated rings. The smallest absolute Gasteiger partial charge is 0.172 e. The van der Waals surface area contributed by atoms with Crippen LogP contribution in [0.2, 0.25) is 0 Å². The van der Waals surface area contributed by atoms with Crippen molar-refractivity contribution in [1.82, 2.24) is 19.6 Å². The average molecular weight is 338 g/mol. The zero-order chi connectivity index (χ0) is 16.3. The Bertz CT molecular complexity index is 1060. The van der Waals surface area contributed by atoms with E-state index in [1.807, 2.05) is 4.40 Å². The number of nitrogens with zero attached hydrogens (tertiary/aromatic N) is 4. The first-order valence-electron chi connectivity index (χ1n) is 8.10. The van der Waals surface area contributed by atoms with E-state index in [1.165, 1.54) is 29.0 Å². The lowest BCUT2D eigenvalue weighted by Crippen LogP contribution is -2.08. The van der Waals surface area contributed by atoms with E-state index >= 15 is 0 Å². The van der Waals surface area contributed by atoms with Crippen molar-refractivity contribution in [2.75, 3.05) is 0 Å². The lowest BCUT2D eigenvalue weighted by molar-refractivity contribution is 0.509. The van der Waals surface area contributed by atoms with Crippen LogP contribution in [0.1, 0.15) is 23.8 Å². The maximum absolute atomic E-state index is 13.2. The molecule has 0 radical (unpaired) electrons. The summed E-state index contributed by atoms with van der Waals surface area (Å²) in [4.78, 5) is 7.12. The average Bonchev–Trinajstić information content (AvgIpc) is 3.15. The minimum absolute atomic E-state index is 0.255. The van der Waals surface area contributed by atoms with Gasteiger partial charge in [-0.1, -0.05) is 6.92 Å². The van der Waals surface area contributed by atoms with Gasteiger partial charge in [0.15, 0.2) is 11.5 Å². The lowest BCUT2D eigenvalue weighted by atomic mass is 9.89. The van der Waals surface area contributed by atoms with Gasteiger partial charge in [0.2, 0.25) is 0 Å². The normalized spacial score (nSPS) is 17.5. The molecule has 3 heterocycles. The predicted octanol–water partition coefficient (Wildman–Crippen LogP) is 4.27. The zero-order valence-corrected chi connectivity index (χ0v) is 14.0. The number of fused-ring (bicyclic) bond motifs is 5. The fourth-order valence-electron chi connectivity index (χ4n) is 3.54. The Hall–Kier alpha value is -2.34. The van der Waals surface area contributed by atoms with Crippen LogP contribution in [0.4, 0.5) is 4.39 Å². The number of hydrogen-bond donors (Lipinski definition) is 0. The van der Waals surface area contributed by atoms with Gasteiger partial charge in [-0.05, 0) is 55.0 Å². The molecule has 1 aliphatic carbocycles. The summed E-state index contributed by atoms with van der Waals surface area (Å²) in [5, 5.41) is 9.92. The Morgan fingerprint density at radius 1 is 1.21 bits per heavy atom. The molecule has 24 heavy (non-hydrogen) atoms. The van der Waals surface area contributed by atoms with Crippen LogP contribution in [-0.2, 0) is 12.8 Å². The molecule has 5 rings (SSSR count). The molecule has 1 atom stereocenters. The van der Waals surface area contributed by atoms with Gasteiger partial charge in [0.25, 0.3) is 0 Å². The Kier molecular flexibility index (Phi) is 2.97. The third kappa shape index (κ3) is 1.99. The van der Waals surface area contributed by atoms with E-state index in [2.05, 4.69) is 22.1 Å². The highest BCUT2D eigenvalue weighted by Crippen LogP contribution is 2.39. The van der Waals surface area contributed by atoms with Crippen molar-refractivity contribution in [2.45, 2.75) is 26.2 Å². The van der Waals surface area contributed by atoms with Gasteiger partial charge in [0.1, 0.15) is 17.0 Å². The van der Waals surface area contributed by atoms with Crippen LogP contribution in [0, 0.1) is 11.7 Å². The van der Waals surface area contributed by atoms with Crippen LogP contribution in [0.15, 0.2) is 30.6 Å². The van der Waals surface area contributed by atoms with E-state index in [9.17, 15) is 4.39 Å². The number of rotatable bonds is 1. The predicted molar refractivity (Wildman–Crippen MR) is 92.7 cm³/mol. The molecule has 0 saturated heterocycles. The monoisotopic (exact) mass is 338 g/mol. The maximum Gasteiger partial charge on any atom is 0.172 e. The number of aryl methyl sites for hydroxylation is 1. The molecular weight excluding hydrogens is 323 g/mol. The van der Waals surface area contributed by atoms with E-state index in [-0.39, 0.29) is 5.82 Å². The highest BCUT2D eigenvalue weighted by Gasteiger charge is 2.24. The van der Waals surface area contributed by atoms with Gasteiger partial charge in [-0.15, -0.1) is 21.5 Å². The van der Waals surface area contributed by atoms with E-state index in [1.54, 1.807) is 29.8 Å². The molecule has 4 nitrogen and oxygen atoms in total. The summed E-state index contributed by atoms with van der Waals surface area (Å²) in [7, 11) is 0. The molecule has 0 bridgehead atoms. The van der Waals surface area contributed by atoms with Crippen molar-refractivity contribution in [1.29, 1.82) is 0 Å². The summed E-state index contributed by atoms with van der Waals surface area (Å²) < 4.78 is 15.1. The number of benzene rings is 1. The van der Waals surface area contributed by atoms with Crippen LogP contribution in [0.5, 0.6) is 0 Å². The van der Waals surface area contributed by atoms with E-state index in [4.69, 9.17) is 0 Å². The largest absolute Gasteiger partial charge is 0.265 e. The fraction of sp³-hybridized carbons (Fsp3) is 0.278. The third-order valence-electron chi connectivity index (χ3n) is 4.81. The molecule has 0 unspecified atom stereocenters. The molecule has 0 spiro atoms. The number of thiophene rings is 1. The molecule has 6 heteroatoms. The van der Waals surface area contributed by atoms with Gasteiger partial charge < -0.3 is 0 Å². The molecule has 0 aliphatic heterocycles. The lowest BCUT2D eigenvalue weighted by Gasteiger charge is -2.17. The molecule has 3 aromatic heterocycles. The second-order valence-corrected chi connectivity index (χ2v) is 7.58. The minimum atomic E-state index is -0.255. The van der Waals surface area contributed by atoms with E-state index in [0.717, 1.165) is 40.2 Å². The number of halogens is 1. The molecule has 0 N–H and O–H groups in total. The van der Waals surface area contributed by atoms with Crippen molar-refractivity contribution in [3.05, 3.63) is 46.9 Å². The van der Waals surface area contributed by atoms with Gasteiger partial charge >= 0.3 is 0 Å². The molecule has 1 aromatic carbocycles. The SMILES string of the molecule is C[C@H]1CCc2c(sc3ncn4c(-c5ccc(F)cc5)nnc4c23)C1. The van der Waals surface area contributed by atoms with Crippen LogP contribution >= 0.6 is 11.3 Å². The van der Waals surface area contributed by atoms with Crippen LogP contribution in [-0.4, -0.2) is 19.6 Å². The first-order chi connectivity index (χ1) is 11.7. The summed E-state index contributed by atoms with van der Waals surface area (Å²) in [6, 6.07) is 6.33. The first kappa shape index (κ1) is 14.0. The van der Waals surface area contributed by atoms with Crippen molar-refractivity contribution < 1.29 is 4.39 Å². The maximum atomic E-state index is 13.2. The molecule has 120 valence electrons. The summed E-state index contributed by atoms with van der Waals surface area (Å²) in [6.07, 6.45) is 5.19. The molecule has 1 aliphatic rings. The minimum Gasteiger partial charge on any atom is -0.265 e. The number of aromatic nitrogens is 4. The fourth-order valence-corrected chi connectivity index (χ4v) is 4.88. The van der Waals surface area contributed by atoms with Crippen LogP contribution < -0.4 is 0 Å². The van der Waals surface area contributed by atoms with E-state index in [0.29, 0.717) is 5.82 Å². The second kappa shape index (κ2) is 5.08. The van der Waals surface area contributed by atoms with Crippen LogP contribution in [0.25, 0.3) is 27.3 Å². The first-order valence-corrected chi connectivity index (χ1v) is 8.92. The van der Waals surface area contributed by atoms with Gasteiger partial charge in [0, 0.05) is 10.4 Å². The Morgan fingerprint density at radius 2 is 2.04 bits per heavy atom. The summed E-state index contributed by atoms with van der Waals surface area (Å²) in [6.45, 7) is 2.31. The summed E-state index contributed by atoms with van der Waals surface area (Å²) in [5.74, 6) is 1.17. The summed E-state index contributed by atoms with van der Waals surface area (Å²) in [5.41, 5.74) is 3.08.